The number of rotatable bonds is 8. The van der Waals surface area contributed by atoms with Crippen LogP contribution in [0.1, 0.15) is 32.3 Å². The van der Waals surface area contributed by atoms with Gasteiger partial charge in [-0.1, -0.05) is 19.1 Å². The molecule has 1 rings (SSSR count). The van der Waals surface area contributed by atoms with E-state index < -0.39 is 0 Å². The lowest BCUT2D eigenvalue weighted by Gasteiger charge is -2.21. The molecular weight excluding hydrogens is 271 g/mol. The molecule has 0 fully saturated rings. The van der Waals surface area contributed by atoms with Crippen molar-refractivity contribution in [3.8, 4) is 0 Å². The number of carbonyl (C=O) groups excluding carboxylic acids is 2. The minimum atomic E-state index is -0.263. The lowest BCUT2D eigenvalue weighted by Crippen LogP contribution is -2.38. The van der Waals surface area contributed by atoms with Gasteiger partial charge in [0.2, 0.25) is 11.8 Å². The van der Waals surface area contributed by atoms with E-state index in [0.717, 1.165) is 12.0 Å². The third-order valence-corrected chi connectivity index (χ3v) is 3.21. The van der Waals surface area contributed by atoms with Gasteiger partial charge in [0.15, 0.2) is 0 Å². The van der Waals surface area contributed by atoms with Gasteiger partial charge in [0.1, 0.15) is 5.82 Å². The van der Waals surface area contributed by atoms with Gasteiger partial charge in [0.05, 0.1) is 0 Å². The summed E-state index contributed by atoms with van der Waals surface area (Å²) in [7, 11) is 0. The zero-order valence-electron chi connectivity index (χ0n) is 12.7. The molecule has 0 aromatic heterocycles. The molecule has 1 aromatic carbocycles. The van der Waals surface area contributed by atoms with E-state index in [9.17, 15) is 14.0 Å². The standard InChI is InChI=1S/C16H23FN2O2/c1-3-4-16(21)18-10-12-19(13(2)20)11-9-14-5-7-15(17)8-6-14/h5-8H,3-4,9-12H2,1-2H3,(H,18,21). The minimum absolute atomic E-state index is 0.0135. The van der Waals surface area contributed by atoms with Gasteiger partial charge < -0.3 is 10.2 Å². The van der Waals surface area contributed by atoms with Gasteiger partial charge in [-0.05, 0) is 30.5 Å². The molecule has 2 amide bonds. The highest BCUT2D eigenvalue weighted by molar-refractivity contribution is 5.76. The molecule has 0 saturated carbocycles. The summed E-state index contributed by atoms with van der Waals surface area (Å²) < 4.78 is 12.8. The molecule has 0 atom stereocenters. The van der Waals surface area contributed by atoms with Crippen LogP contribution in [0, 0.1) is 5.82 Å². The van der Waals surface area contributed by atoms with Crippen molar-refractivity contribution >= 4 is 11.8 Å². The predicted molar refractivity (Wildman–Crippen MR) is 80.3 cm³/mol. The van der Waals surface area contributed by atoms with Gasteiger partial charge in [-0.2, -0.15) is 0 Å². The van der Waals surface area contributed by atoms with Crippen LogP contribution in [0.2, 0.25) is 0 Å². The van der Waals surface area contributed by atoms with Crippen LogP contribution in [0.3, 0.4) is 0 Å². The Labute approximate surface area is 125 Å². The monoisotopic (exact) mass is 294 g/mol. The smallest absolute Gasteiger partial charge is 0.220 e. The summed E-state index contributed by atoms with van der Waals surface area (Å²) in [6.07, 6.45) is 1.99. The molecule has 21 heavy (non-hydrogen) atoms. The second kappa shape index (κ2) is 9.10. The van der Waals surface area contributed by atoms with Gasteiger partial charge in [-0.25, -0.2) is 4.39 Å². The molecule has 0 radical (unpaired) electrons. The molecule has 0 heterocycles. The van der Waals surface area contributed by atoms with Crippen molar-refractivity contribution in [2.45, 2.75) is 33.1 Å². The molecule has 5 heteroatoms. The maximum atomic E-state index is 12.8. The van der Waals surface area contributed by atoms with E-state index in [0.29, 0.717) is 32.5 Å². The maximum absolute atomic E-state index is 12.8. The molecule has 4 nitrogen and oxygen atoms in total. The van der Waals surface area contributed by atoms with Crippen molar-refractivity contribution in [3.63, 3.8) is 0 Å². The Bertz CT molecular complexity index is 460. The number of hydrogen-bond donors (Lipinski definition) is 1. The van der Waals surface area contributed by atoms with Crippen molar-refractivity contribution in [2.75, 3.05) is 19.6 Å². The highest BCUT2D eigenvalue weighted by Crippen LogP contribution is 2.04. The van der Waals surface area contributed by atoms with Crippen LogP contribution in [0.5, 0.6) is 0 Å². The predicted octanol–water partition coefficient (Wildman–Crippen LogP) is 2.13. The number of carbonyl (C=O) groups is 2. The molecular formula is C16H23FN2O2. The van der Waals surface area contributed by atoms with Crippen LogP contribution in [-0.2, 0) is 16.0 Å². The number of hydrogen-bond acceptors (Lipinski definition) is 2. The van der Waals surface area contributed by atoms with Crippen molar-refractivity contribution in [1.82, 2.24) is 10.2 Å². The molecule has 0 bridgehead atoms. The Hall–Kier alpha value is -1.91. The summed E-state index contributed by atoms with van der Waals surface area (Å²) in [6.45, 7) is 4.97. The van der Waals surface area contributed by atoms with E-state index in [1.54, 1.807) is 17.0 Å². The molecule has 1 aromatic rings. The average Bonchev–Trinajstić information content (AvgIpc) is 2.44. The highest BCUT2D eigenvalue weighted by Gasteiger charge is 2.09. The van der Waals surface area contributed by atoms with Gasteiger partial charge in [0.25, 0.3) is 0 Å². The van der Waals surface area contributed by atoms with Crippen LogP contribution < -0.4 is 5.32 Å². The van der Waals surface area contributed by atoms with E-state index >= 15 is 0 Å². The summed E-state index contributed by atoms with van der Waals surface area (Å²) >= 11 is 0. The maximum Gasteiger partial charge on any atom is 0.220 e. The summed E-state index contributed by atoms with van der Waals surface area (Å²) in [4.78, 5) is 24.6. The quantitative estimate of drug-likeness (QED) is 0.798. The molecule has 0 aliphatic rings. The van der Waals surface area contributed by atoms with Crippen molar-refractivity contribution in [2.24, 2.45) is 0 Å². The second-order valence-corrected chi connectivity index (χ2v) is 4.98. The SMILES string of the molecule is CCCC(=O)NCCN(CCc1ccc(F)cc1)C(C)=O. The molecule has 0 unspecified atom stereocenters. The van der Waals surface area contributed by atoms with Gasteiger partial charge in [-0.3, -0.25) is 9.59 Å². The molecule has 116 valence electrons. The summed E-state index contributed by atoms with van der Waals surface area (Å²) in [6, 6.07) is 6.27. The largest absolute Gasteiger partial charge is 0.354 e. The Morgan fingerprint density at radius 1 is 1.19 bits per heavy atom. The fourth-order valence-corrected chi connectivity index (χ4v) is 1.99. The third kappa shape index (κ3) is 6.88. The summed E-state index contributed by atoms with van der Waals surface area (Å²) in [5.41, 5.74) is 0.984. The van der Waals surface area contributed by atoms with Crippen molar-refractivity contribution in [3.05, 3.63) is 35.6 Å². The Kier molecular flexibility index (Phi) is 7.43. The van der Waals surface area contributed by atoms with Crippen LogP contribution >= 0.6 is 0 Å². The minimum Gasteiger partial charge on any atom is -0.354 e. The first-order valence-electron chi connectivity index (χ1n) is 7.29. The number of nitrogens with one attached hydrogen (secondary N) is 1. The van der Waals surface area contributed by atoms with Gasteiger partial charge in [0, 0.05) is 33.0 Å². The highest BCUT2D eigenvalue weighted by atomic mass is 19.1. The molecule has 0 saturated heterocycles. The lowest BCUT2D eigenvalue weighted by molar-refractivity contribution is -0.129. The number of benzene rings is 1. The molecule has 0 aliphatic heterocycles. The Morgan fingerprint density at radius 2 is 1.86 bits per heavy atom. The summed E-state index contributed by atoms with van der Waals surface area (Å²) in [5.74, 6) is -0.276. The van der Waals surface area contributed by atoms with Gasteiger partial charge in [-0.15, -0.1) is 0 Å². The lowest BCUT2D eigenvalue weighted by atomic mass is 10.1. The number of amides is 2. The zero-order chi connectivity index (χ0) is 15.7. The Balaban J connectivity index is 2.38. The molecule has 0 spiro atoms. The zero-order valence-corrected chi connectivity index (χ0v) is 12.7. The summed E-state index contributed by atoms with van der Waals surface area (Å²) in [5, 5.41) is 2.79. The van der Waals surface area contributed by atoms with E-state index in [4.69, 9.17) is 0 Å². The first-order valence-corrected chi connectivity index (χ1v) is 7.29. The fourth-order valence-electron chi connectivity index (χ4n) is 1.99. The fraction of sp³-hybridized carbons (Fsp3) is 0.500. The van der Waals surface area contributed by atoms with E-state index in [1.165, 1.54) is 19.1 Å². The van der Waals surface area contributed by atoms with E-state index in [1.807, 2.05) is 6.92 Å². The van der Waals surface area contributed by atoms with Crippen LogP contribution in [0.4, 0.5) is 4.39 Å². The van der Waals surface area contributed by atoms with Gasteiger partial charge >= 0.3 is 0 Å². The topological polar surface area (TPSA) is 49.4 Å². The molecule has 0 aliphatic carbocycles. The first-order chi connectivity index (χ1) is 10.0. The second-order valence-electron chi connectivity index (χ2n) is 4.98. The van der Waals surface area contributed by atoms with Crippen LogP contribution in [0.15, 0.2) is 24.3 Å². The first kappa shape index (κ1) is 17.1. The average molecular weight is 294 g/mol. The van der Waals surface area contributed by atoms with Crippen LogP contribution in [-0.4, -0.2) is 36.3 Å². The Morgan fingerprint density at radius 3 is 2.43 bits per heavy atom. The van der Waals surface area contributed by atoms with Crippen molar-refractivity contribution < 1.29 is 14.0 Å². The number of halogens is 1. The van der Waals surface area contributed by atoms with E-state index in [-0.39, 0.29) is 17.6 Å². The normalized spacial score (nSPS) is 10.2. The molecule has 1 N–H and O–H groups in total. The van der Waals surface area contributed by atoms with Crippen molar-refractivity contribution in [1.29, 1.82) is 0 Å². The van der Waals surface area contributed by atoms with E-state index in [2.05, 4.69) is 5.32 Å². The third-order valence-electron chi connectivity index (χ3n) is 3.21. The number of nitrogens with zero attached hydrogens (tertiary/aromatic N) is 1. The van der Waals surface area contributed by atoms with Crippen LogP contribution in [0.25, 0.3) is 0 Å².